The van der Waals surface area contributed by atoms with Gasteiger partial charge in [0.1, 0.15) is 17.6 Å². The number of hydrogen-bond acceptors (Lipinski definition) is 4. The van der Waals surface area contributed by atoms with Crippen LogP contribution in [0.4, 0.5) is 10.5 Å². The van der Waals surface area contributed by atoms with Crippen LogP contribution in [0.5, 0.6) is 11.5 Å². The minimum absolute atomic E-state index is 0.236. The Morgan fingerprint density at radius 3 is 2.46 bits per heavy atom. The van der Waals surface area contributed by atoms with Crippen LogP contribution in [-0.4, -0.2) is 37.1 Å². The normalized spacial score (nSPS) is 10.2. The second-order valence-electron chi connectivity index (χ2n) is 5.64. The number of amides is 2. The molecule has 0 aromatic heterocycles. The lowest BCUT2D eigenvalue weighted by Gasteiger charge is -2.18. The Bertz CT molecular complexity index is 749. The largest absolute Gasteiger partial charge is 0.456 e. The van der Waals surface area contributed by atoms with Crippen molar-refractivity contribution in [3.8, 4) is 17.6 Å². The molecule has 0 atom stereocenters. The summed E-state index contributed by atoms with van der Waals surface area (Å²) in [4.78, 5) is 14.2. The summed E-state index contributed by atoms with van der Waals surface area (Å²) in [6.07, 6.45) is 0. The number of carbonyl (C=O) groups is 1. The zero-order chi connectivity index (χ0) is 18.8. The quantitative estimate of drug-likeness (QED) is 0.757. The smallest absolute Gasteiger partial charge is 0.319 e. The van der Waals surface area contributed by atoms with Gasteiger partial charge in [-0.2, -0.15) is 5.26 Å². The summed E-state index contributed by atoms with van der Waals surface area (Å²) in [6, 6.07) is 15.9. The molecule has 0 aliphatic heterocycles. The molecule has 0 unspecified atom stereocenters. The fourth-order valence-electron chi connectivity index (χ4n) is 2.42. The van der Waals surface area contributed by atoms with Crippen molar-refractivity contribution in [2.75, 3.05) is 31.5 Å². The molecule has 0 aliphatic rings. The van der Waals surface area contributed by atoms with E-state index in [2.05, 4.69) is 35.5 Å². The molecule has 2 rings (SSSR count). The first-order valence-corrected chi connectivity index (χ1v) is 8.70. The zero-order valence-corrected chi connectivity index (χ0v) is 15.2. The fraction of sp³-hybridized carbons (Fsp3) is 0.300. The van der Waals surface area contributed by atoms with E-state index in [0.29, 0.717) is 29.3 Å². The van der Waals surface area contributed by atoms with Crippen LogP contribution in [0.15, 0.2) is 48.5 Å². The van der Waals surface area contributed by atoms with Crippen molar-refractivity contribution < 1.29 is 9.53 Å². The van der Waals surface area contributed by atoms with Crippen molar-refractivity contribution in [1.82, 2.24) is 10.2 Å². The van der Waals surface area contributed by atoms with Gasteiger partial charge in [0.15, 0.2) is 0 Å². The van der Waals surface area contributed by atoms with Gasteiger partial charge < -0.3 is 20.3 Å². The Morgan fingerprint density at radius 1 is 1.12 bits per heavy atom. The van der Waals surface area contributed by atoms with Gasteiger partial charge in [0.05, 0.1) is 5.56 Å². The van der Waals surface area contributed by atoms with Gasteiger partial charge >= 0.3 is 6.03 Å². The average Bonchev–Trinajstić information content (AvgIpc) is 2.67. The number of nitrogens with one attached hydrogen (secondary N) is 2. The minimum atomic E-state index is -0.236. The van der Waals surface area contributed by atoms with Crippen LogP contribution in [0.25, 0.3) is 0 Å². The lowest BCUT2D eigenvalue weighted by Crippen LogP contribution is -2.36. The molecule has 136 valence electrons. The summed E-state index contributed by atoms with van der Waals surface area (Å²) < 4.78 is 5.72. The number of carbonyl (C=O) groups excluding carboxylic acids is 1. The number of urea groups is 1. The van der Waals surface area contributed by atoms with Gasteiger partial charge in [-0.3, -0.25) is 0 Å². The number of benzene rings is 2. The van der Waals surface area contributed by atoms with Crippen molar-refractivity contribution in [1.29, 1.82) is 5.26 Å². The van der Waals surface area contributed by atoms with Gasteiger partial charge in [0, 0.05) is 18.8 Å². The minimum Gasteiger partial charge on any atom is -0.456 e. The molecule has 0 aliphatic carbocycles. The zero-order valence-electron chi connectivity index (χ0n) is 15.2. The van der Waals surface area contributed by atoms with E-state index in [-0.39, 0.29) is 6.03 Å². The average molecular weight is 352 g/mol. The third-order valence-corrected chi connectivity index (χ3v) is 3.96. The maximum absolute atomic E-state index is 11.9. The van der Waals surface area contributed by atoms with Crippen LogP contribution in [0.3, 0.4) is 0 Å². The second kappa shape index (κ2) is 10.1. The third kappa shape index (κ3) is 5.80. The topological polar surface area (TPSA) is 77.4 Å². The summed E-state index contributed by atoms with van der Waals surface area (Å²) in [7, 11) is 0. The van der Waals surface area contributed by atoms with Crippen LogP contribution in [0, 0.1) is 11.3 Å². The molecule has 2 N–H and O–H groups in total. The first-order valence-electron chi connectivity index (χ1n) is 8.70. The number of ether oxygens (including phenoxy) is 1. The van der Waals surface area contributed by atoms with E-state index in [9.17, 15) is 4.79 Å². The lowest BCUT2D eigenvalue weighted by molar-refractivity contribution is 0.248. The van der Waals surface area contributed by atoms with E-state index in [1.54, 1.807) is 42.5 Å². The number of likely N-dealkylation sites (N-methyl/N-ethyl adjacent to an activating group) is 1. The van der Waals surface area contributed by atoms with Crippen molar-refractivity contribution >= 4 is 11.7 Å². The number of rotatable bonds is 8. The molecule has 26 heavy (non-hydrogen) atoms. The highest BCUT2D eigenvalue weighted by molar-refractivity contribution is 5.89. The van der Waals surface area contributed by atoms with Gasteiger partial charge in [-0.05, 0) is 49.5 Å². The lowest BCUT2D eigenvalue weighted by atomic mass is 10.2. The van der Waals surface area contributed by atoms with Crippen LogP contribution in [0.2, 0.25) is 0 Å². The Morgan fingerprint density at radius 2 is 1.81 bits per heavy atom. The monoisotopic (exact) mass is 352 g/mol. The molecule has 6 heteroatoms. The predicted octanol–water partition coefficient (Wildman–Crippen LogP) is 3.81. The van der Waals surface area contributed by atoms with Crippen molar-refractivity contribution in [3.63, 3.8) is 0 Å². The maximum atomic E-state index is 11.9. The number of nitriles is 1. The van der Waals surface area contributed by atoms with Gasteiger partial charge in [-0.1, -0.05) is 26.0 Å². The summed E-state index contributed by atoms with van der Waals surface area (Å²) in [5.41, 5.74) is 1.15. The first-order chi connectivity index (χ1) is 12.7. The third-order valence-electron chi connectivity index (χ3n) is 3.96. The van der Waals surface area contributed by atoms with Crippen LogP contribution < -0.4 is 15.4 Å². The Kier molecular flexibility index (Phi) is 7.47. The fourth-order valence-corrected chi connectivity index (χ4v) is 2.42. The van der Waals surface area contributed by atoms with Crippen molar-refractivity contribution in [3.05, 3.63) is 54.1 Å². The van der Waals surface area contributed by atoms with Crippen LogP contribution in [0.1, 0.15) is 19.4 Å². The maximum Gasteiger partial charge on any atom is 0.319 e. The van der Waals surface area contributed by atoms with E-state index in [0.717, 1.165) is 19.6 Å². The standard InChI is InChI=1S/C20H24N4O2/c1-3-24(4-2)14-13-22-20(25)23-17-9-11-18(12-10-17)26-19-8-6-5-7-16(19)15-21/h5-12H,3-4,13-14H2,1-2H3,(H2,22,23,25). The van der Waals surface area contributed by atoms with Crippen LogP contribution >= 0.6 is 0 Å². The number of para-hydroxylation sites is 1. The first kappa shape index (κ1) is 19.3. The van der Waals surface area contributed by atoms with E-state index in [1.165, 1.54) is 0 Å². The summed E-state index contributed by atoms with van der Waals surface area (Å²) in [5.74, 6) is 1.10. The van der Waals surface area contributed by atoms with Gasteiger partial charge in [-0.25, -0.2) is 4.79 Å². The summed E-state index contributed by atoms with van der Waals surface area (Å²) in [6.45, 7) is 7.56. The van der Waals surface area contributed by atoms with E-state index in [1.807, 2.05) is 6.07 Å². The van der Waals surface area contributed by atoms with Crippen molar-refractivity contribution in [2.45, 2.75) is 13.8 Å². The van der Waals surface area contributed by atoms with Gasteiger partial charge in [-0.15, -0.1) is 0 Å². The SMILES string of the molecule is CCN(CC)CCNC(=O)Nc1ccc(Oc2ccccc2C#N)cc1. The molecule has 2 aromatic carbocycles. The molecule has 6 nitrogen and oxygen atoms in total. The summed E-state index contributed by atoms with van der Waals surface area (Å²) in [5, 5.41) is 14.7. The highest BCUT2D eigenvalue weighted by Crippen LogP contribution is 2.25. The molecule has 2 aromatic rings. The molecule has 0 radical (unpaired) electrons. The van der Waals surface area contributed by atoms with E-state index < -0.39 is 0 Å². The second-order valence-corrected chi connectivity index (χ2v) is 5.64. The van der Waals surface area contributed by atoms with Gasteiger partial charge in [0.25, 0.3) is 0 Å². The molecule has 0 saturated carbocycles. The predicted molar refractivity (Wildman–Crippen MR) is 102 cm³/mol. The number of anilines is 1. The Labute approximate surface area is 154 Å². The van der Waals surface area contributed by atoms with E-state index in [4.69, 9.17) is 10.00 Å². The molecule has 0 bridgehead atoms. The molecule has 0 fully saturated rings. The molecule has 0 heterocycles. The Hall–Kier alpha value is -3.04. The van der Waals surface area contributed by atoms with Crippen LogP contribution in [-0.2, 0) is 0 Å². The molecule has 2 amide bonds. The molecular weight excluding hydrogens is 328 g/mol. The number of nitrogens with zero attached hydrogens (tertiary/aromatic N) is 2. The Balaban J connectivity index is 1.85. The van der Waals surface area contributed by atoms with Crippen molar-refractivity contribution in [2.24, 2.45) is 0 Å². The molecular formula is C20H24N4O2. The van der Waals surface area contributed by atoms with Gasteiger partial charge in [0.2, 0.25) is 0 Å². The number of hydrogen-bond donors (Lipinski definition) is 2. The molecule has 0 spiro atoms. The highest BCUT2D eigenvalue weighted by Gasteiger charge is 2.05. The highest BCUT2D eigenvalue weighted by atomic mass is 16.5. The van der Waals surface area contributed by atoms with E-state index >= 15 is 0 Å². The molecule has 0 saturated heterocycles. The summed E-state index contributed by atoms with van der Waals surface area (Å²) >= 11 is 0.